The molecule has 0 bridgehead atoms. The highest BCUT2D eigenvalue weighted by Crippen LogP contribution is 2.37. The van der Waals surface area contributed by atoms with Crippen LogP contribution in [-0.4, -0.2) is 46.8 Å². The minimum atomic E-state index is -3.07. The molecule has 0 unspecified atom stereocenters. The van der Waals surface area contributed by atoms with E-state index >= 15 is 0 Å². The Morgan fingerprint density at radius 2 is 2.11 bits per heavy atom. The third-order valence-electron chi connectivity index (χ3n) is 5.89. The molecule has 1 aliphatic heterocycles. The lowest BCUT2D eigenvalue weighted by Crippen LogP contribution is -2.41. The number of fused-ring (bicyclic) bond motifs is 2. The van der Waals surface area contributed by atoms with Crippen LogP contribution in [0, 0.1) is 5.82 Å². The summed E-state index contributed by atoms with van der Waals surface area (Å²) in [6.45, 7) is 0.115. The number of rotatable bonds is 4. The molecular formula is C22H16F3N7O3. The Hall–Kier alpha value is -4.42. The SMILES string of the molecule is Cn1cncc1-c1nc(C(F)F)c(C(=O)N2CCc3[nH]cnc3[C@H]2c2nc3cccc(F)c3o2)o1. The number of nitrogens with zero attached hydrogens (tertiary/aromatic N) is 6. The lowest BCUT2D eigenvalue weighted by atomic mass is 10.0. The Kier molecular flexibility index (Phi) is 4.72. The lowest BCUT2D eigenvalue weighted by molar-refractivity contribution is 0.0621. The summed E-state index contributed by atoms with van der Waals surface area (Å²) in [6, 6.07) is 3.28. The monoisotopic (exact) mass is 483 g/mol. The van der Waals surface area contributed by atoms with Crippen molar-refractivity contribution in [2.75, 3.05) is 6.54 Å². The van der Waals surface area contributed by atoms with Crippen LogP contribution in [0.4, 0.5) is 13.2 Å². The number of para-hydroxylation sites is 1. The Balaban J connectivity index is 1.47. The molecule has 0 saturated carbocycles. The number of benzene rings is 1. The summed E-state index contributed by atoms with van der Waals surface area (Å²) >= 11 is 0. The maximum absolute atomic E-state index is 14.3. The maximum atomic E-state index is 14.3. The van der Waals surface area contributed by atoms with Crippen molar-refractivity contribution < 1.29 is 26.8 Å². The molecule has 13 heteroatoms. The first-order valence-corrected chi connectivity index (χ1v) is 10.6. The molecule has 1 atom stereocenters. The lowest BCUT2D eigenvalue weighted by Gasteiger charge is -2.32. The van der Waals surface area contributed by atoms with Crippen LogP contribution >= 0.6 is 0 Å². The second-order valence-electron chi connectivity index (χ2n) is 7.98. The van der Waals surface area contributed by atoms with Gasteiger partial charge in [0.05, 0.1) is 24.5 Å². The largest absolute Gasteiger partial charge is 0.435 e. The molecule has 1 aromatic carbocycles. The predicted octanol–water partition coefficient (Wildman–Crippen LogP) is 3.80. The van der Waals surface area contributed by atoms with E-state index in [0.29, 0.717) is 17.8 Å². The number of aromatic nitrogens is 6. The number of imidazole rings is 2. The van der Waals surface area contributed by atoms with Gasteiger partial charge in [0.25, 0.3) is 12.3 Å². The second-order valence-corrected chi connectivity index (χ2v) is 7.98. The number of hydrogen-bond acceptors (Lipinski definition) is 7. The second kappa shape index (κ2) is 7.82. The summed E-state index contributed by atoms with van der Waals surface area (Å²) in [7, 11) is 1.64. The van der Waals surface area contributed by atoms with E-state index in [4.69, 9.17) is 8.83 Å². The van der Waals surface area contributed by atoms with Crippen molar-refractivity contribution in [3.05, 3.63) is 71.6 Å². The number of halogens is 3. The topological polar surface area (TPSA) is 119 Å². The zero-order valence-corrected chi connectivity index (χ0v) is 18.1. The van der Waals surface area contributed by atoms with Gasteiger partial charge in [0, 0.05) is 25.7 Å². The molecule has 35 heavy (non-hydrogen) atoms. The van der Waals surface area contributed by atoms with Crippen molar-refractivity contribution in [1.29, 1.82) is 0 Å². The van der Waals surface area contributed by atoms with Gasteiger partial charge in [0.15, 0.2) is 23.1 Å². The summed E-state index contributed by atoms with van der Waals surface area (Å²) in [5.41, 5.74) is 0.850. The van der Waals surface area contributed by atoms with Crippen LogP contribution in [0.3, 0.4) is 0 Å². The van der Waals surface area contributed by atoms with Crippen LogP contribution in [0.5, 0.6) is 0 Å². The summed E-state index contributed by atoms with van der Waals surface area (Å²) in [4.78, 5) is 34.4. The fourth-order valence-corrected chi connectivity index (χ4v) is 4.23. The van der Waals surface area contributed by atoms with Crippen molar-refractivity contribution in [1.82, 2.24) is 34.4 Å². The molecule has 10 nitrogen and oxygen atoms in total. The highest BCUT2D eigenvalue weighted by Gasteiger charge is 2.41. The zero-order chi connectivity index (χ0) is 24.3. The van der Waals surface area contributed by atoms with Crippen molar-refractivity contribution in [3.8, 4) is 11.6 Å². The summed E-state index contributed by atoms with van der Waals surface area (Å²) in [5, 5.41) is 0. The third kappa shape index (κ3) is 3.30. The molecule has 0 spiro atoms. The van der Waals surface area contributed by atoms with E-state index in [1.54, 1.807) is 13.1 Å². The Morgan fingerprint density at radius 1 is 1.26 bits per heavy atom. The smallest absolute Gasteiger partial charge is 0.292 e. The molecule has 0 aliphatic carbocycles. The number of alkyl halides is 2. The van der Waals surface area contributed by atoms with Gasteiger partial charge >= 0.3 is 0 Å². The van der Waals surface area contributed by atoms with Crippen molar-refractivity contribution in [3.63, 3.8) is 0 Å². The fourth-order valence-electron chi connectivity index (χ4n) is 4.23. The number of H-pyrrole nitrogens is 1. The van der Waals surface area contributed by atoms with Crippen LogP contribution in [0.15, 0.2) is 45.9 Å². The molecule has 0 radical (unpaired) electrons. The minimum Gasteiger partial charge on any atom is -0.435 e. The average Bonchev–Trinajstić information content (AvgIpc) is 3.62. The number of aromatic amines is 1. The normalized spacial score (nSPS) is 15.8. The van der Waals surface area contributed by atoms with Gasteiger partial charge in [-0.3, -0.25) is 4.79 Å². The molecule has 178 valence electrons. The minimum absolute atomic E-state index is 0.00327. The van der Waals surface area contributed by atoms with E-state index in [-0.39, 0.29) is 29.4 Å². The third-order valence-corrected chi connectivity index (χ3v) is 5.89. The number of aryl methyl sites for hydroxylation is 1. The van der Waals surface area contributed by atoms with Crippen LogP contribution in [0.25, 0.3) is 22.7 Å². The van der Waals surface area contributed by atoms with E-state index in [0.717, 1.165) is 5.69 Å². The Bertz CT molecular complexity index is 1570. The van der Waals surface area contributed by atoms with Gasteiger partial charge in [0.1, 0.15) is 11.2 Å². The molecule has 4 aromatic heterocycles. The Morgan fingerprint density at radius 3 is 2.86 bits per heavy atom. The highest BCUT2D eigenvalue weighted by atomic mass is 19.3. The standard InChI is InChI=1S/C22H16F3N7O3/c1-31-9-26-7-13(31)20-30-15(19(24)25)18(35-20)22(33)32-6-5-11-14(28-8-27-11)16(32)21-29-12-4-2-3-10(23)17(12)34-21/h2-4,7-9,16,19H,5-6H2,1H3,(H,27,28)/t16-/m0/s1. The number of amides is 1. The molecule has 0 saturated heterocycles. The first-order chi connectivity index (χ1) is 16.9. The van der Waals surface area contributed by atoms with Gasteiger partial charge in [-0.1, -0.05) is 6.07 Å². The summed E-state index contributed by atoms with van der Waals surface area (Å²) in [6.07, 6.45) is 1.60. The number of carbonyl (C=O) groups excluding carboxylic acids is 1. The van der Waals surface area contributed by atoms with E-state index in [1.165, 1.54) is 40.5 Å². The van der Waals surface area contributed by atoms with Gasteiger partial charge in [0.2, 0.25) is 17.5 Å². The van der Waals surface area contributed by atoms with Crippen LogP contribution in [0.1, 0.15) is 46.0 Å². The van der Waals surface area contributed by atoms with Gasteiger partial charge in [-0.2, -0.15) is 0 Å². The molecule has 5 aromatic rings. The average molecular weight is 483 g/mol. The molecule has 1 aliphatic rings. The first kappa shape index (κ1) is 21.1. The predicted molar refractivity (Wildman–Crippen MR) is 113 cm³/mol. The van der Waals surface area contributed by atoms with E-state index < -0.39 is 35.6 Å². The molecule has 1 N–H and O–H groups in total. The number of oxazole rings is 2. The van der Waals surface area contributed by atoms with Gasteiger partial charge in [-0.25, -0.2) is 33.1 Å². The number of nitrogens with one attached hydrogen (secondary N) is 1. The summed E-state index contributed by atoms with van der Waals surface area (Å²) in [5.74, 6) is -2.24. The quantitative estimate of drug-likeness (QED) is 0.413. The molecule has 0 fully saturated rings. The molecule has 6 rings (SSSR count). The van der Waals surface area contributed by atoms with Crippen LogP contribution < -0.4 is 0 Å². The van der Waals surface area contributed by atoms with Crippen LogP contribution in [0.2, 0.25) is 0 Å². The van der Waals surface area contributed by atoms with Crippen molar-refractivity contribution >= 4 is 17.0 Å². The number of carbonyl (C=O) groups is 1. The van der Waals surface area contributed by atoms with Crippen LogP contribution in [-0.2, 0) is 13.5 Å². The highest BCUT2D eigenvalue weighted by molar-refractivity contribution is 5.93. The van der Waals surface area contributed by atoms with E-state index in [1.807, 2.05) is 0 Å². The first-order valence-electron chi connectivity index (χ1n) is 10.6. The zero-order valence-electron chi connectivity index (χ0n) is 18.1. The maximum Gasteiger partial charge on any atom is 0.292 e. The van der Waals surface area contributed by atoms with Crippen molar-refractivity contribution in [2.24, 2.45) is 7.05 Å². The van der Waals surface area contributed by atoms with Gasteiger partial charge in [-0.15, -0.1) is 0 Å². The molecule has 5 heterocycles. The summed E-state index contributed by atoms with van der Waals surface area (Å²) < 4.78 is 54.9. The van der Waals surface area contributed by atoms with E-state index in [9.17, 15) is 18.0 Å². The van der Waals surface area contributed by atoms with Crippen molar-refractivity contribution in [2.45, 2.75) is 18.9 Å². The van der Waals surface area contributed by atoms with Gasteiger partial charge in [-0.05, 0) is 12.1 Å². The molecule has 1 amide bonds. The van der Waals surface area contributed by atoms with Gasteiger partial charge < -0.3 is 23.3 Å². The molecular weight excluding hydrogens is 467 g/mol. The fraction of sp³-hybridized carbons (Fsp3) is 0.227. The number of hydrogen-bond donors (Lipinski definition) is 1. The van der Waals surface area contributed by atoms with E-state index in [2.05, 4.69) is 24.9 Å². The Labute approximate surface area is 194 Å².